The predicted octanol–water partition coefficient (Wildman–Crippen LogP) is 3.37. The van der Waals surface area contributed by atoms with E-state index >= 15 is 0 Å². The van der Waals surface area contributed by atoms with Crippen molar-refractivity contribution in [2.24, 2.45) is 0 Å². The van der Waals surface area contributed by atoms with E-state index in [1.54, 1.807) is 13.3 Å². The zero-order valence-electron chi connectivity index (χ0n) is 14.7. The Labute approximate surface area is 149 Å². The van der Waals surface area contributed by atoms with Gasteiger partial charge < -0.3 is 15.0 Å². The average Bonchev–Trinajstić information content (AvgIpc) is 2.69. The number of hydrogen-bond donors (Lipinski definition) is 1. The van der Waals surface area contributed by atoms with Gasteiger partial charge in [0.1, 0.15) is 11.4 Å². The third-order valence-electron chi connectivity index (χ3n) is 4.50. The van der Waals surface area contributed by atoms with Crippen molar-refractivity contribution >= 4 is 11.6 Å². The summed E-state index contributed by atoms with van der Waals surface area (Å²) in [4.78, 5) is 18.6. The number of hydrogen-bond acceptors (Lipinski definition) is 4. The molecule has 2 heterocycles. The van der Waals surface area contributed by atoms with E-state index in [2.05, 4.69) is 16.4 Å². The molecule has 0 unspecified atom stereocenters. The number of carbonyl (C=O) groups is 1. The van der Waals surface area contributed by atoms with Gasteiger partial charge in [-0.3, -0.25) is 4.79 Å². The smallest absolute Gasteiger partial charge is 0.272 e. The van der Waals surface area contributed by atoms with Gasteiger partial charge in [-0.15, -0.1) is 0 Å². The van der Waals surface area contributed by atoms with Gasteiger partial charge in [-0.2, -0.15) is 0 Å². The quantitative estimate of drug-likeness (QED) is 0.877. The van der Waals surface area contributed by atoms with Crippen LogP contribution in [0.5, 0.6) is 5.75 Å². The number of rotatable bonds is 6. The zero-order chi connectivity index (χ0) is 17.5. The number of nitrogens with zero attached hydrogens (tertiary/aromatic N) is 2. The molecule has 5 heteroatoms. The number of piperidine rings is 1. The van der Waals surface area contributed by atoms with Crippen LogP contribution in [0.15, 0.2) is 42.6 Å². The molecule has 0 bridgehead atoms. The highest BCUT2D eigenvalue weighted by Gasteiger charge is 2.18. The SMILES string of the molecule is COc1cccc(CCNc2ccc(C(=O)N3CCCCC3)nc2)c1. The van der Waals surface area contributed by atoms with E-state index in [4.69, 9.17) is 4.74 Å². The fraction of sp³-hybridized carbons (Fsp3) is 0.400. The van der Waals surface area contributed by atoms with Crippen LogP contribution in [0.2, 0.25) is 0 Å². The van der Waals surface area contributed by atoms with Crippen LogP contribution in [0.3, 0.4) is 0 Å². The summed E-state index contributed by atoms with van der Waals surface area (Å²) in [5.74, 6) is 0.919. The molecule has 5 nitrogen and oxygen atoms in total. The molecular formula is C20H25N3O2. The summed E-state index contributed by atoms with van der Waals surface area (Å²) in [6, 6.07) is 11.8. The summed E-state index contributed by atoms with van der Waals surface area (Å²) >= 11 is 0. The Morgan fingerprint density at radius 2 is 2.04 bits per heavy atom. The van der Waals surface area contributed by atoms with Gasteiger partial charge in [-0.1, -0.05) is 12.1 Å². The van der Waals surface area contributed by atoms with Crippen molar-refractivity contribution < 1.29 is 9.53 Å². The number of methoxy groups -OCH3 is 1. The minimum atomic E-state index is 0.0441. The summed E-state index contributed by atoms with van der Waals surface area (Å²) in [6.07, 6.45) is 6.03. The number of anilines is 1. The molecule has 1 aromatic carbocycles. The number of benzene rings is 1. The van der Waals surface area contributed by atoms with Crippen LogP contribution in [-0.2, 0) is 6.42 Å². The standard InChI is InChI=1S/C20H25N3O2/c1-25-18-7-5-6-16(14-18)10-11-21-17-8-9-19(22-15-17)20(24)23-12-3-2-4-13-23/h5-9,14-15,21H,2-4,10-13H2,1H3. The number of amides is 1. The maximum Gasteiger partial charge on any atom is 0.272 e. The third kappa shape index (κ3) is 4.72. The highest BCUT2D eigenvalue weighted by atomic mass is 16.5. The molecule has 1 fully saturated rings. The van der Waals surface area contributed by atoms with E-state index < -0.39 is 0 Å². The zero-order valence-corrected chi connectivity index (χ0v) is 14.7. The van der Waals surface area contributed by atoms with E-state index in [0.717, 1.165) is 50.3 Å². The number of aromatic nitrogens is 1. The normalized spacial score (nSPS) is 14.2. The maximum absolute atomic E-state index is 12.4. The van der Waals surface area contributed by atoms with E-state index in [0.29, 0.717) is 5.69 Å². The highest BCUT2D eigenvalue weighted by Crippen LogP contribution is 2.15. The Kier molecular flexibility index (Phi) is 5.88. The van der Waals surface area contributed by atoms with Gasteiger partial charge >= 0.3 is 0 Å². The molecule has 3 rings (SSSR count). The van der Waals surface area contributed by atoms with Crippen LogP contribution < -0.4 is 10.1 Å². The molecule has 0 saturated carbocycles. The van der Waals surface area contributed by atoms with Gasteiger partial charge in [-0.25, -0.2) is 4.98 Å². The van der Waals surface area contributed by atoms with Crippen molar-refractivity contribution in [3.8, 4) is 5.75 Å². The minimum Gasteiger partial charge on any atom is -0.497 e. The van der Waals surface area contributed by atoms with E-state index in [9.17, 15) is 4.79 Å². The van der Waals surface area contributed by atoms with Crippen molar-refractivity contribution in [2.45, 2.75) is 25.7 Å². The van der Waals surface area contributed by atoms with Crippen LogP contribution in [0.4, 0.5) is 5.69 Å². The average molecular weight is 339 g/mol. The second kappa shape index (κ2) is 8.51. The van der Waals surface area contributed by atoms with Crippen LogP contribution in [-0.4, -0.2) is 42.5 Å². The fourth-order valence-corrected chi connectivity index (χ4v) is 3.06. The molecule has 1 aliphatic rings. The lowest BCUT2D eigenvalue weighted by Crippen LogP contribution is -2.36. The van der Waals surface area contributed by atoms with Crippen molar-refractivity contribution in [1.29, 1.82) is 0 Å². The summed E-state index contributed by atoms with van der Waals surface area (Å²) in [5.41, 5.74) is 2.68. The summed E-state index contributed by atoms with van der Waals surface area (Å²) in [5, 5.41) is 3.35. The first-order valence-corrected chi connectivity index (χ1v) is 8.88. The molecule has 1 saturated heterocycles. The lowest BCUT2D eigenvalue weighted by molar-refractivity contribution is 0.0718. The Bertz CT molecular complexity index is 694. The lowest BCUT2D eigenvalue weighted by atomic mass is 10.1. The summed E-state index contributed by atoms with van der Waals surface area (Å²) < 4.78 is 5.24. The van der Waals surface area contributed by atoms with Gasteiger partial charge in [0.2, 0.25) is 0 Å². The first kappa shape index (κ1) is 17.3. The van der Waals surface area contributed by atoms with Gasteiger partial charge in [0, 0.05) is 19.6 Å². The van der Waals surface area contributed by atoms with E-state index in [1.165, 1.54) is 12.0 Å². The monoisotopic (exact) mass is 339 g/mol. The van der Waals surface area contributed by atoms with Gasteiger partial charge in [0.05, 0.1) is 19.0 Å². The fourth-order valence-electron chi connectivity index (χ4n) is 3.06. The summed E-state index contributed by atoms with van der Waals surface area (Å²) in [6.45, 7) is 2.50. The number of carbonyl (C=O) groups excluding carboxylic acids is 1. The molecule has 1 amide bonds. The van der Waals surface area contributed by atoms with Crippen molar-refractivity contribution in [3.05, 3.63) is 53.9 Å². The second-order valence-electron chi connectivity index (χ2n) is 6.31. The van der Waals surface area contributed by atoms with Crippen LogP contribution in [0.1, 0.15) is 35.3 Å². The van der Waals surface area contributed by atoms with Crippen molar-refractivity contribution in [1.82, 2.24) is 9.88 Å². The van der Waals surface area contributed by atoms with Gasteiger partial charge in [-0.05, 0) is 55.5 Å². The summed E-state index contributed by atoms with van der Waals surface area (Å²) in [7, 11) is 1.68. The molecule has 1 N–H and O–H groups in total. The van der Waals surface area contributed by atoms with Crippen LogP contribution >= 0.6 is 0 Å². The van der Waals surface area contributed by atoms with Crippen molar-refractivity contribution in [3.63, 3.8) is 0 Å². The molecule has 0 atom stereocenters. The lowest BCUT2D eigenvalue weighted by Gasteiger charge is -2.26. The highest BCUT2D eigenvalue weighted by molar-refractivity contribution is 5.92. The minimum absolute atomic E-state index is 0.0441. The number of pyridine rings is 1. The second-order valence-corrected chi connectivity index (χ2v) is 6.31. The molecular weight excluding hydrogens is 314 g/mol. The predicted molar refractivity (Wildman–Crippen MR) is 99.2 cm³/mol. The van der Waals surface area contributed by atoms with Crippen molar-refractivity contribution in [2.75, 3.05) is 32.1 Å². The molecule has 0 aliphatic carbocycles. The Morgan fingerprint density at radius 3 is 2.76 bits per heavy atom. The molecule has 1 aliphatic heterocycles. The van der Waals surface area contributed by atoms with Crippen LogP contribution in [0, 0.1) is 0 Å². The first-order valence-electron chi connectivity index (χ1n) is 8.88. The number of ether oxygens (including phenoxy) is 1. The number of nitrogens with one attached hydrogen (secondary N) is 1. The van der Waals surface area contributed by atoms with E-state index in [1.807, 2.05) is 35.2 Å². The molecule has 0 spiro atoms. The molecule has 1 aromatic heterocycles. The van der Waals surface area contributed by atoms with E-state index in [-0.39, 0.29) is 5.91 Å². The number of likely N-dealkylation sites (tertiary alicyclic amines) is 1. The largest absolute Gasteiger partial charge is 0.497 e. The first-order chi connectivity index (χ1) is 12.3. The Balaban J connectivity index is 1.51. The molecule has 0 radical (unpaired) electrons. The van der Waals surface area contributed by atoms with Gasteiger partial charge in [0.15, 0.2) is 0 Å². The van der Waals surface area contributed by atoms with Crippen LogP contribution in [0.25, 0.3) is 0 Å². The molecule has 2 aromatic rings. The Morgan fingerprint density at radius 1 is 1.20 bits per heavy atom. The Hall–Kier alpha value is -2.56. The third-order valence-corrected chi connectivity index (χ3v) is 4.50. The topological polar surface area (TPSA) is 54.5 Å². The van der Waals surface area contributed by atoms with Gasteiger partial charge in [0.25, 0.3) is 5.91 Å². The molecule has 132 valence electrons. The maximum atomic E-state index is 12.4. The molecule has 25 heavy (non-hydrogen) atoms.